The molecule has 0 spiro atoms. The van der Waals surface area contributed by atoms with Gasteiger partial charge in [0.2, 0.25) is 10.0 Å². The monoisotopic (exact) mass is 411 g/mol. The third-order valence-electron chi connectivity index (χ3n) is 4.72. The normalized spacial score (nSPS) is 15.8. The van der Waals surface area contributed by atoms with E-state index in [-0.39, 0.29) is 0 Å². The minimum atomic E-state index is -3.47. The molecule has 9 nitrogen and oxygen atoms in total. The summed E-state index contributed by atoms with van der Waals surface area (Å²) in [6.45, 7) is 3.87. The topological polar surface area (TPSA) is 97.1 Å². The molecule has 0 saturated carbocycles. The highest BCUT2D eigenvalue weighted by atomic mass is 32.2. The molecule has 0 atom stereocenters. The van der Waals surface area contributed by atoms with Crippen LogP contribution in [-0.2, 0) is 10.0 Å². The standard InChI is InChI=1S/C19H21N7O2S/c1-16-2-4-17(5-3-16)6-11-29(27,28)25-9-7-24(8-10-25)18-12-19(22-14-21-18)26-15-20-13-23-26/h2-6,11-15H,7-10H2,1H3/b11-6+. The van der Waals surface area contributed by atoms with Crippen LogP contribution >= 0.6 is 0 Å². The summed E-state index contributed by atoms with van der Waals surface area (Å²) in [5, 5.41) is 5.35. The van der Waals surface area contributed by atoms with Crippen molar-refractivity contribution in [3.63, 3.8) is 0 Å². The molecule has 1 fully saturated rings. The van der Waals surface area contributed by atoms with Gasteiger partial charge in [0.1, 0.15) is 24.8 Å². The van der Waals surface area contributed by atoms with E-state index in [4.69, 9.17) is 0 Å². The van der Waals surface area contributed by atoms with Gasteiger partial charge in [-0.3, -0.25) is 0 Å². The first kappa shape index (κ1) is 19.2. The summed E-state index contributed by atoms with van der Waals surface area (Å²) < 4.78 is 28.4. The number of hydrogen-bond donors (Lipinski definition) is 0. The molecule has 0 amide bonds. The van der Waals surface area contributed by atoms with E-state index < -0.39 is 10.0 Å². The zero-order valence-electron chi connectivity index (χ0n) is 16.0. The summed E-state index contributed by atoms with van der Waals surface area (Å²) in [7, 11) is -3.47. The van der Waals surface area contributed by atoms with E-state index in [0.717, 1.165) is 16.9 Å². The van der Waals surface area contributed by atoms with Gasteiger partial charge in [-0.1, -0.05) is 29.8 Å². The zero-order chi connectivity index (χ0) is 20.3. The molecule has 10 heteroatoms. The van der Waals surface area contributed by atoms with Crippen LogP contribution in [0.2, 0.25) is 0 Å². The van der Waals surface area contributed by atoms with E-state index in [9.17, 15) is 8.42 Å². The fraction of sp³-hybridized carbons (Fsp3) is 0.263. The Kier molecular flexibility index (Phi) is 5.36. The van der Waals surface area contributed by atoms with Crippen molar-refractivity contribution in [1.82, 2.24) is 29.0 Å². The number of sulfonamides is 1. The Morgan fingerprint density at radius 1 is 0.966 bits per heavy atom. The molecule has 4 rings (SSSR count). The first-order valence-electron chi connectivity index (χ1n) is 9.18. The van der Waals surface area contributed by atoms with Crippen LogP contribution in [0.3, 0.4) is 0 Å². The van der Waals surface area contributed by atoms with Gasteiger partial charge in [-0.05, 0) is 18.6 Å². The lowest BCUT2D eigenvalue weighted by Crippen LogP contribution is -2.48. The van der Waals surface area contributed by atoms with Crippen LogP contribution in [-0.4, -0.2) is 63.6 Å². The SMILES string of the molecule is Cc1ccc(/C=C/S(=O)(=O)N2CCN(c3cc(-n4cncn4)ncn3)CC2)cc1. The van der Waals surface area contributed by atoms with Gasteiger partial charge in [0.05, 0.1) is 0 Å². The Morgan fingerprint density at radius 3 is 2.38 bits per heavy atom. The second-order valence-corrected chi connectivity index (χ2v) is 8.54. The molecule has 3 aromatic rings. The van der Waals surface area contributed by atoms with Crippen LogP contribution in [0.25, 0.3) is 11.9 Å². The highest BCUT2D eigenvalue weighted by Crippen LogP contribution is 2.18. The lowest BCUT2D eigenvalue weighted by molar-refractivity contribution is 0.389. The number of benzene rings is 1. The van der Waals surface area contributed by atoms with Gasteiger partial charge >= 0.3 is 0 Å². The summed E-state index contributed by atoms with van der Waals surface area (Å²) in [6.07, 6.45) is 6.11. The van der Waals surface area contributed by atoms with Gasteiger partial charge in [0.15, 0.2) is 5.82 Å². The van der Waals surface area contributed by atoms with E-state index in [1.54, 1.807) is 17.1 Å². The van der Waals surface area contributed by atoms with Crippen molar-refractivity contribution in [1.29, 1.82) is 0 Å². The van der Waals surface area contributed by atoms with Crippen molar-refractivity contribution in [3.8, 4) is 5.82 Å². The molecule has 0 bridgehead atoms. The van der Waals surface area contributed by atoms with Crippen molar-refractivity contribution in [2.75, 3.05) is 31.1 Å². The Labute approximate surface area is 169 Å². The summed E-state index contributed by atoms with van der Waals surface area (Å²) in [4.78, 5) is 14.5. The number of anilines is 1. The molecule has 150 valence electrons. The summed E-state index contributed by atoms with van der Waals surface area (Å²) in [5.41, 5.74) is 2.00. The third kappa shape index (κ3) is 4.49. The smallest absolute Gasteiger partial charge is 0.236 e. The van der Waals surface area contributed by atoms with Gasteiger partial charge in [0.25, 0.3) is 0 Å². The highest BCUT2D eigenvalue weighted by Gasteiger charge is 2.25. The Bertz CT molecular complexity index is 1090. The van der Waals surface area contributed by atoms with Crippen molar-refractivity contribution >= 4 is 21.9 Å². The molecular formula is C19H21N7O2S. The molecule has 0 aliphatic carbocycles. The van der Waals surface area contributed by atoms with Gasteiger partial charge in [-0.2, -0.15) is 9.40 Å². The van der Waals surface area contributed by atoms with E-state index in [1.807, 2.05) is 42.2 Å². The fourth-order valence-corrected chi connectivity index (χ4v) is 4.24. The molecule has 1 saturated heterocycles. The van der Waals surface area contributed by atoms with Gasteiger partial charge in [0, 0.05) is 37.7 Å². The maximum Gasteiger partial charge on any atom is 0.236 e. The minimum absolute atomic E-state index is 0.392. The quantitative estimate of drug-likeness (QED) is 0.627. The van der Waals surface area contributed by atoms with E-state index in [0.29, 0.717) is 32.0 Å². The lowest BCUT2D eigenvalue weighted by atomic mass is 10.2. The first-order chi connectivity index (χ1) is 14.0. The molecule has 0 N–H and O–H groups in total. The predicted molar refractivity (Wildman–Crippen MR) is 110 cm³/mol. The van der Waals surface area contributed by atoms with Gasteiger partial charge in [-0.25, -0.2) is 28.1 Å². The van der Waals surface area contributed by atoms with Crippen LogP contribution in [0.15, 0.2) is 54.7 Å². The highest BCUT2D eigenvalue weighted by molar-refractivity contribution is 7.92. The second-order valence-electron chi connectivity index (χ2n) is 6.72. The predicted octanol–water partition coefficient (Wildman–Crippen LogP) is 1.49. The zero-order valence-corrected chi connectivity index (χ0v) is 16.8. The van der Waals surface area contributed by atoms with Crippen LogP contribution < -0.4 is 4.90 Å². The fourth-order valence-electron chi connectivity index (χ4n) is 3.06. The first-order valence-corrected chi connectivity index (χ1v) is 10.7. The second kappa shape index (κ2) is 8.10. The van der Waals surface area contributed by atoms with E-state index >= 15 is 0 Å². The Hall–Kier alpha value is -3.11. The number of hydrogen-bond acceptors (Lipinski definition) is 7. The van der Waals surface area contributed by atoms with Gasteiger partial charge < -0.3 is 4.90 Å². The molecule has 29 heavy (non-hydrogen) atoms. The molecule has 2 aromatic heterocycles. The minimum Gasteiger partial charge on any atom is -0.354 e. The Morgan fingerprint density at radius 2 is 1.69 bits per heavy atom. The molecule has 1 aromatic carbocycles. The molecule has 0 radical (unpaired) electrons. The van der Waals surface area contributed by atoms with Gasteiger partial charge in [-0.15, -0.1) is 0 Å². The summed E-state index contributed by atoms with van der Waals surface area (Å²) in [5.74, 6) is 1.35. The lowest BCUT2D eigenvalue weighted by Gasteiger charge is -2.34. The van der Waals surface area contributed by atoms with Crippen LogP contribution in [0.4, 0.5) is 5.82 Å². The number of aromatic nitrogens is 5. The maximum atomic E-state index is 12.7. The van der Waals surface area contributed by atoms with E-state index in [2.05, 4.69) is 20.1 Å². The maximum absolute atomic E-state index is 12.7. The molecule has 3 heterocycles. The summed E-state index contributed by atoms with van der Waals surface area (Å²) >= 11 is 0. The van der Waals surface area contributed by atoms with Crippen LogP contribution in [0.1, 0.15) is 11.1 Å². The molecule has 1 aliphatic heterocycles. The molecule has 1 aliphatic rings. The van der Waals surface area contributed by atoms with Crippen molar-refractivity contribution in [2.45, 2.75) is 6.92 Å². The average molecular weight is 411 g/mol. The third-order valence-corrected chi connectivity index (χ3v) is 6.29. The largest absolute Gasteiger partial charge is 0.354 e. The van der Waals surface area contributed by atoms with Crippen molar-refractivity contribution in [3.05, 3.63) is 65.8 Å². The van der Waals surface area contributed by atoms with Crippen molar-refractivity contribution < 1.29 is 8.42 Å². The molecular weight excluding hydrogens is 390 g/mol. The average Bonchev–Trinajstić information content (AvgIpc) is 3.29. The van der Waals surface area contributed by atoms with Crippen LogP contribution in [0, 0.1) is 6.92 Å². The number of rotatable bonds is 5. The molecule has 0 unspecified atom stereocenters. The number of nitrogens with zero attached hydrogens (tertiary/aromatic N) is 7. The Balaban J connectivity index is 1.41. The summed E-state index contributed by atoms with van der Waals surface area (Å²) in [6, 6.07) is 9.54. The van der Waals surface area contributed by atoms with E-state index in [1.165, 1.54) is 22.4 Å². The van der Waals surface area contributed by atoms with Crippen molar-refractivity contribution in [2.24, 2.45) is 0 Å². The van der Waals surface area contributed by atoms with Crippen LogP contribution in [0.5, 0.6) is 0 Å². The number of aryl methyl sites for hydroxylation is 1. The number of piperazine rings is 1.